The van der Waals surface area contributed by atoms with E-state index in [4.69, 9.17) is 0 Å². The van der Waals surface area contributed by atoms with E-state index in [-0.39, 0.29) is 12.4 Å². The topological polar surface area (TPSA) is 98.6 Å². The Morgan fingerprint density at radius 3 is 2.57 bits per heavy atom. The minimum Gasteiger partial charge on any atom is -0.506 e. The van der Waals surface area contributed by atoms with E-state index in [1.807, 2.05) is 25.1 Å². The summed E-state index contributed by atoms with van der Waals surface area (Å²) < 4.78 is 2.18. The molecule has 30 heavy (non-hydrogen) atoms. The van der Waals surface area contributed by atoms with E-state index in [1.54, 1.807) is 0 Å². The van der Waals surface area contributed by atoms with Crippen molar-refractivity contribution in [2.45, 2.75) is 32.7 Å². The molecule has 4 rings (SSSR count). The van der Waals surface area contributed by atoms with Gasteiger partial charge in [0, 0.05) is 35.8 Å². The van der Waals surface area contributed by atoms with Gasteiger partial charge in [0.05, 0.1) is 5.69 Å². The highest BCUT2D eigenvalue weighted by molar-refractivity contribution is 5.92. The number of carboxylic acids is 1. The van der Waals surface area contributed by atoms with Crippen molar-refractivity contribution < 1.29 is 15.0 Å². The van der Waals surface area contributed by atoms with Crippen molar-refractivity contribution in [1.29, 1.82) is 0 Å². The monoisotopic (exact) mass is 431 g/mol. The number of benzene rings is 1. The highest BCUT2D eigenvalue weighted by Gasteiger charge is 2.23. The number of aryl methyl sites for hydroxylation is 1. The molecule has 7 nitrogen and oxygen atoms in total. The van der Waals surface area contributed by atoms with Crippen LogP contribution >= 0.6 is 12.4 Å². The number of aromatic carboxylic acids is 1. The first kappa shape index (κ1) is 21.9. The number of rotatable bonds is 6. The van der Waals surface area contributed by atoms with Crippen molar-refractivity contribution in [2.24, 2.45) is 7.05 Å². The highest BCUT2D eigenvalue weighted by atomic mass is 35.5. The number of fused-ring (bicyclic) bond motifs is 1. The summed E-state index contributed by atoms with van der Waals surface area (Å²) in [5.74, 6) is -1.87. The summed E-state index contributed by atoms with van der Waals surface area (Å²) in [6.45, 7) is 5.11. The van der Waals surface area contributed by atoms with Crippen molar-refractivity contribution >= 4 is 29.3 Å². The lowest BCUT2D eigenvalue weighted by molar-refractivity contribution is 0.0691. The molecule has 0 spiro atoms. The molecular weight excluding hydrogens is 406 g/mol. The van der Waals surface area contributed by atoms with Crippen LogP contribution in [0.5, 0.6) is 5.75 Å². The van der Waals surface area contributed by atoms with Crippen molar-refractivity contribution in [2.75, 3.05) is 13.1 Å². The van der Waals surface area contributed by atoms with Crippen molar-refractivity contribution in [1.82, 2.24) is 14.5 Å². The average Bonchev–Trinajstić information content (AvgIpc) is 2.95. The maximum atomic E-state index is 12.3. The number of carbonyl (C=O) groups is 1. The summed E-state index contributed by atoms with van der Waals surface area (Å²) in [6.07, 6.45) is 2.42. The van der Waals surface area contributed by atoms with Crippen LogP contribution in [0.2, 0.25) is 0 Å². The SMILES string of the molecule is CCCc1c(-c2ccc3c(c2)cc(CN2CCC2)n3C)[nH]c(=O)c(C(=O)O)c1O.Cl. The van der Waals surface area contributed by atoms with Crippen LogP contribution in [0, 0.1) is 0 Å². The predicted molar refractivity (Wildman–Crippen MR) is 119 cm³/mol. The maximum absolute atomic E-state index is 12.3. The van der Waals surface area contributed by atoms with Crippen LogP contribution in [0.15, 0.2) is 29.1 Å². The number of hydrogen-bond acceptors (Lipinski definition) is 4. The van der Waals surface area contributed by atoms with Gasteiger partial charge in [-0.1, -0.05) is 19.4 Å². The molecule has 0 bridgehead atoms. The molecule has 160 valence electrons. The Labute approximate surface area is 180 Å². The quantitative estimate of drug-likeness (QED) is 0.554. The normalized spacial score (nSPS) is 13.8. The summed E-state index contributed by atoms with van der Waals surface area (Å²) in [6, 6.07) is 8.04. The molecule has 0 radical (unpaired) electrons. The average molecular weight is 432 g/mol. The molecule has 1 fully saturated rings. The second-order valence-corrected chi connectivity index (χ2v) is 7.68. The first-order valence-electron chi connectivity index (χ1n) is 9.93. The smallest absolute Gasteiger partial charge is 0.345 e. The van der Waals surface area contributed by atoms with Gasteiger partial charge < -0.3 is 19.8 Å². The lowest BCUT2D eigenvalue weighted by atomic mass is 9.98. The molecular formula is C22H26ClN3O4. The fraction of sp³-hybridized carbons (Fsp3) is 0.364. The van der Waals surface area contributed by atoms with Crippen molar-refractivity contribution in [3.8, 4) is 17.0 Å². The van der Waals surface area contributed by atoms with E-state index in [1.165, 1.54) is 12.1 Å². The van der Waals surface area contributed by atoms with Crippen molar-refractivity contribution in [3.63, 3.8) is 0 Å². The molecule has 0 saturated carbocycles. The maximum Gasteiger partial charge on any atom is 0.345 e. The fourth-order valence-electron chi connectivity index (χ4n) is 4.05. The molecule has 1 saturated heterocycles. The van der Waals surface area contributed by atoms with Crippen LogP contribution in [-0.4, -0.2) is 43.7 Å². The Bertz CT molecular complexity index is 1160. The molecule has 0 unspecified atom stereocenters. The summed E-state index contributed by atoms with van der Waals surface area (Å²) in [4.78, 5) is 28.8. The van der Waals surface area contributed by atoms with Crippen LogP contribution in [0.4, 0.5) is 0 Å². The third-order valence-corrected chi connectivity index (χ3v) is 5.77. The third-order valence-electron chi connectivity index (χ3n) is 5.77. The van der Waals surface area contributed by atoms with Gasteiger partial charge in [0.1, 0.15) is 5.75 Å². The standard InChI is InChI=1S/C22H25N3O4.ClH/c1-3-5-16-19(23-21(27)18(20(16)26)22(28)29)13-6-7-17-14(10-13)11-15(24(17)2)12-25-8-4-9-25;/h6-7,10-11H,3-5,8-9,12H2,1-2H3,(H,28,29)(H2,23,26,27);1H. The van der Waals surface area contributed by atoms with Crippen LogP contribution in [-0.2, 0) is 20.0 Å². The lowest BCUT2D eigenvalue weighted by Crippen LogP contribution is -2.36. The van der Waals surface area contributed by atoms with E-state index in [0.29, 0.717) is 24.1 Å². The van der Waals surface area contributed by atoms with E-state index >= 15 is 0 Å². The second-order valence-electron chi connectivity index (χ2n) is 7.68. The Morgan fingerprint density at radius 2 is 1.97 bits per heavy atom. The number of pyridine rings is 1. The molecule has 1 aliphatic heterocycles. The molecule has 2 aromatic heterocycles. The molecule has 3 heterocycles. The van der Waals surface area contributed by atoms with Gasteiger partial charge in [-0.3, -0.25) is 9.69 Å². The molecule has 3 aromatic rings. The molecule has 0 amide bonds. The molecule has 1 aromatic carbocycles. The number of carboxylic acid groups (broad SMARTS) is 1. The van der Waals surface area contributed by atoms with Gasteiger partial charge in [0.15, 0.2) is 5.56 Å². The van der Waals surface area contributed by atoms with E-state index in [9.17, 15) is 19.8 Å². The number of H-pyrrole nitrogens is 1. The first-order valence-corrected chi connectivity index (χ1v) is 9.93. The number of aromatic amines is 1. The van der Waals surface area contributed by atoms with Crippen LogP contribution in [0.1, 0.15) is 41.4 Å². The van der Waals surface area contributed by atoms with E-state index < -0.39 is 22.8 Å². The number of halogens is 1. The summed E-state index contributed by atoms with van der Waals surface area (Å²) in [5, 5.41) is 20.8. The highest BCUT2D eigenvalue weighted by Crippen LogP contribution is 2.33. The van der Waals surface area contributed by atoms with Crippen LogP contribution in [0.3, 0.4) is 0 Å². The molecule has 0 aliphatic carbocycles. The third kappa shape index (κ3) is 3.70. The van der Waals surface area contributed by atoms with Gasteiger partial charge in [-0.05, 0) is 49.7 Å². The van der Waals surface area contributed by atoms with Gasteiger partial charge in [0.25, 0.3) is 5.56 Å². The zero-order valence-electron chi connectivity index (χ0n) is 17.1. The Morgan fingerprint density at radius 1 is 1.23 bits per heavy atom. The van der Waals surface area contributed by atoms with Gasteiger partial charge >= 0.3 is 5.97 Å². The van der Waals surface area contributed by atoms with Gasteiger partial charge in [-0.15, -0.1) is 12.4 Å². The number of likely N-dealkylation sites (tertiary alicyclic amines) is 1. The van der Waals surface area contributed by atoms with Crippen molar-refractivity contribution in [3.05, 3.63) is 51.4 Å². The number of hydrogen-bond donors (Lipinski definition) is 3. The fourth-order valence-corrected chi connectivity index (χ4v) is 4.05. The van der Waals surface area contributed by atoms with E-state index in [2.05, 4.69) is 27.6 Å². The zero-order chi connectivity index (χ0) is 20.7. The Kier molecular flexibility index (Phi) is 6.24. The second kappa shape index (κ2) is 8.53. The minimum absolute atomic E-state index is 0. The Balaban J connectivity index is 0.00000256. The first-order chi connectivity index (χ1) is 13.9. The van der Waals surface area contributed by atoms with E-state index in [0.717, 1.165) is 36.1 Å². The predicted octanol–water partition coefficient (Wildman–Crippen LogP) is 3.52. The summed E-state index contributed by atoms with van der Waals surface area (Å²) in [5.41, 5.74) is 2.62. The van der Waals surface area contributed by atoms with Gasteiger partial charge in [-0.25, -0.2) is 4.79 Å². The van der Waals surface area contributed by atoms with Gasteiger partial charge in [-0.2, -0.15) is 0 Å². The summed E-state index contributed by atoms with van der Waals surface area (Å²) >= 11 is 0. The van der Waals surface area contributed by atoms with Crippen LogP contribution < -0.4 is 5.56 Å². The number of aromatic nitrogens is 2. The molecule has 3 N–H and O–H groups in total. The largest absolute Gasteiger partial charge is 0.506 e. The minimum atomic E-state index is -1.43. The van der Waals surface area contributed by atoms with Crippen LogP contribution in [0.25, 0.3) is 22.2 Å². The zero-order valence-corrected chi connectivity index (χ0v) is 17.9. The molecule has 1 aliphatic rings. The molecule has 0 atom stereocenters. The van der Waals surface area contributed by atoms with Gasteiger partial charge in [0.2, 0.25) is 0 Å². The number of nitrogens with zero attached hydrogens (tertiary/aromatic N) is 2. The molecule has 8 heteroatoms. The Hall–Kier alpha value is -2.77. The number of aromatic hydroxyl groups is 1. The number of nitrogens with one attached hydrogen (secondary N) is 1. The summed E-state index contributed by atoms with van der Waals surface area (Å²) in [7, 11) is 2.05. The lowest BCUT2D eigenvalue weighted by Gasteiger charge is -2.30.